The number of Topliss-reactive ketones (excluding diaryl/α,β-unsaturated/α-hetero) is 1. The van der Waals surface area contributed by atoms with Gasteiger partial charge in [-0.25, -0.2) is 9.78 Å². The maximum absolute atomic E-state index is 12.1. The molecule has 0 spiro atoms. The van der Waals surface area contributed by atoms with E-state index in [0.717, 1.165) is 17.0 Å². The summed E-state index contributed by atoms with van der Waals surface area (Å²) in [5, 5.41) is 3.20. The summed E-state index contributed by atoms with van der Waals surface area (Å²) in [6, 6.07) is -0.194. The zero-order chi connectivity index (χ0) is 14.2. The molecule has 6 heteroatoms. The van der Waals surface area contributed by atoms with E-state index in [9.17, 15) is 9.59 Å². The van der Waals surface area contributed by atoms with Gasteiger partial charge in [0.05, 0.1) is 10.6 Å². The third-order valence-corrected chi connectivity index (χ3v) is 4.39. The Morgan fingerprint density at radius 1 is 1.47 bits per heavy atom. The Morgan fingerprint density at radius 2 is 2.16 bits per heavy atom. The molecule has 0 fully saturated rings. The number of carbonyl (C=O) groups excluding carboxylic acids is 2. The number of carbonyl (C=O) groups is 2. The molecule has 1 N–H and O–H groups in total. The first-order chi connectivity index (χ1) is 8.88. The molecule has 1 aromatic rings. The summed E-state index contributed by atoms with van der Waals surface area (Å²) >= 11 is 1.32. The van der Waals surface area contributed by atoms with Gasteiger partial charge in [-0.3, -0.25) is 9.69 Å². The molecule has 1 heterocycles. The van der Waals surface area contributed by atoms with Crippen LogP contribution in [0.2, 0.25) is 0 Å². The second-order valence-corrected chi connectivity index (χ2v) is 6.49. The van der Waals surface area contributed by atoms with Crippen LogP contribution in [0.1, 0.15) is 42.6 Å². The second-order valence-electron chi connectivity index (χ2n) is 5.51. The number of anilines is 1. The number of fused-ring (bicyclic) bond motifs is 1. The molecular formula is C13H19N3O2S. The summed E-state index contributed by atoms with van der Waals surface area (Å²) in [6.45, 7) is 6.57. The highest BCUT2D eigenvalue weighted by Crippen LogP contribution is 2.39. The highest BCUT2D eigenvalue weighted by Gasteiger charge is 2.34. The quantitative estimate of drug-likeness (QED) is 0.905. The number of amides is 2. The first-order valence-electron chi connectivity index (χ1n) is 6.40. The molecule has 2 amide bonds. The van der Waals surface area contributed by atoms with E-state index in [-0.39, 0.29) is 17.2 Å². The number of thiazole rings is 1. The lowest BCUT2D eigenvalue weighted by Gasteiger charge is -2.26. The van der Waals surface area contributed by atoms with E-state index in [1.54, 1.807) is 11.9 Å². The van der Waals surface area contributed by atoms with E-state index in [2.05, 4.69) is 24.1 Å². The number of hydrogen-bond acceptors (Lipinski definition) is 4. The van der Waals surface area contributed by atoms with Crippen molar-refractivity contribution in [2.24, 2.45) is 5.41 Å². The number of ketones is 1. The van der Waals surface area contributed by atoms with E-state index < -0.39 is 0 Å². The monoisotopic (exact) mass is 281 g/mol. The molecule has 1 aliphatic rings. The van der Waals surface area contributed by atoms with Crippen LogP contribution in [-0.2, 0) is 6.42 Å². The van der Waals surface area contributed by atoms with Crippen LogP contribution in [0.5, 0.6) is 0 Å². The fourth-order valence-electron chi connectivity index (χ4n) is 2.32. The van der Waals surface area contributed by atoms with Crippen molar-refractivity contribution in [1.82, 2.24) is 10.3 Å². The van der Waals surface area contributed by atoms with Gasteiger partial charge in [-0.2, -0.15) is 0 Å². The summed E-state index contributed by atoms with van der Waals surface area (Å²) in [7, 11) is 1.59. The summed E-state index contributed by atoms with van der Waals surface area (Å²) in [5.74, 6) is 0.142. The molecule has 0 saturated heterocycles. The lowest BCUT2D eigenvalue weighted by Crippen LogP contribution is -2.37. The minimum absolute atomic E-state index is 0.0422. The Kier molecular flexibility index (Phi) is 3.62. The van der Waals surface area contributed by atoms with Crippen molar-refractivity contribution in [3.8, 4) is 0 Å². The molecule has 0 saturated carbocycles. The first-order valence-corrected chi connectivity index (χ1v) is 7.21. The largest absolute Gasteiger partial charge is 0.341 e. The highest BCUT2D eigenvalue weighted by atomic mass is 32.1. The van der Waals surface area contributed by atoms with Gasteiger partial charge in [-0.15, -0.1) is 0 Å². The van der Waals surface area contributed by atoms with E-state index >= 15 is 0 Å². The topological polar surface area (TPSA) is 62.3 Å². The second kappa shape index (κ2) is 4.92. The van der Waals surface area contributed by atoms with Crippen LogP contribution >= 0.6 is 11.3 Å². The van der Waals surface area contributed by atoms with Crippen molar-refractivity contribution in [1.29, 1.82) is 0 Å². The zero-order valence-electron chi connectivity index (χ0n) is 11.7. The molecule has 1 aromatic heterocycles. The average molecular weight is 281 g/mol. The van der Waals surface area contributed by atoms with Crippen LogP contribution in [0.25, 0.3) is 0 Å². The summed E-state index contributed by atoms with van der Waals surface area (Å²) in [4.78, 5) is 30.7. The third-order valence-electron chi connectivity index (χ3n) is 3.23. The Labute approximate surface area is 117 Å². The Bertz CT molecular complexity index is 522. The fourth-order valence-corrected chi connectivity index (χ4v) is 3.41. The van der Waals surface area contributed by atoms with Crippen LogP contribution in [0.3, 0.4) is 0 Å². The summed E-state index contributed by atoms with van der Waals surface area (Å²) in [6.07, 6.45) is 1.34. The molecule has 0 unspecified atom stereocenters. The number of nitrogens with one attached hydrogen (secondary N) is 1. The molecule has 0 atom stereocenters. The van der Waals surface area contributed by atoms with Gasteiger partial charge >= 0.3 is 6.03 Å². The molecule has 0 aromatic carbocycles. The van der Waals surface area contributed by atoms with Crippen molar-refractivity contribution in [2.45, 2.75) is 33.6 Å². The van der Waals surface area contributed by atoms with Crippen LogP contribution in [-0.4, -0.2) is 30.4 Å². The van der Waals surface area contributed by atoms with Gasteiger partial charge in [0, 0.05) is 20.0 Å². The molecule has 2 rings (SSSR count). The van der Waals surface area contributed by atoms with Crippen molar-refractivity contribution in [3.63, 3.8) is 0 Å². The van der Waals surface area contributed by atoms with E-state index in [1.165, 1.54) is 11.3 Å². The molecule has 0 bridgehead atoms. The highest BCUT2D eigenvalue weighted by molar-refractivity contribution is 7.17. The standard InChI is InChI=1S/C13H19N3O2S/c1-5-16(11(18)14-4)12-15-8-6-13(2,3)7-9(17)10(8)19-12/h5-7H2,1-4H3,(H,14,18). The van der Waals surface area contributed by atoms with Crippen LogP contribution < -0.4 is 10.2 Å². The van der Waals surface area contributed by atoms with Gasteiger partial charge in [0.25, 0.3) is 0 Å². The molecule has 0 aliphatic heterocycles. The predicted octanol–water partition coefficient (Wildman–Crippen LogP) is 2.46. The van der Waals surface area contributed by atoms with E-state index in [1.807, 2.05) is 6.92 Å². The zero-order valence-corrected chi connectivity index (χ0v) is 12.6. The minimum Gasteiger partial charge on any atom is -0.341 e. The summed E-state index contributed by atoms with van der Waals surface area (Å²) in [5.41, 5.74) is 0.794. The molecule has 104 valence electrons. The predicted molar refractivity (Wildman–Crippen MR) is 76.0 cm³/mol. The molecule has 19 heavy (non-hydrogen) atoms. The fraction of sp³-hybridized carbons (Fsp3) is 0.615. The Morgan fingerprint density at radius 3 is 2.74 bits per heavy atom. The third kappa shape index (κ3) is 2.63. The normalized spacial score (nSPS) is 16.9. The number of aromatic nitrogens is 1. The van der Waals surface area contributed by atoms with Crippen molar-refractivity contribution in [2.75, 3.05) is 18.5 Å². The van der Waals surface area contributed by atoms with Crippen LogP contribution in [0.4, 0.5) is 9.93 Å². The molecule has 1 aliphatic carbocycles. The first kappa shape index (κ1) is 14.0. The van der Waals surface area contributed by atoms with Crippen LogP contribution in [0.15, 0.2) is 0 Å². The lowest BCUT2D eigenvalue weighted by molar-refractivity contribution is 0.0916. The van der Waals surface area contributed by atoms with Crippen LogP contribution in [0, 0.1) is 5.41 Å². The number of nitrogens with zero attached hydrogens (tertiary/aromatic N) is 2. The van der Waals surface area contributed by atoms with Gasteiger partial charge in [-0.05, 0) is 18.8 Å². The van der Waals surface area contributed by atoms with E-state index in [4.69, 9.17) is 0 Å². The van der Waals surface area contributed by atoms with Gasteiger partial charge in [0.15, 0.2) is 10.9 Å². The Balaban J connectivity index is 2.37. The average Bonchev–Trinajstić information content (AvgIpc) is 2.71. The number of hydrogen-bond donors (Lipinski definition) is 1. The SMILES string of the molecule is CCN(C(=O)NC)c1nc2c(s1)C(=O)CC(C)(C)C2. The maximum atomic E-state index is 12.1. The lowest BCUT2D eigenvalue weighted by atomic mass is 9.78. The minimum atomic E-state index is -0.194. The van der Waals surface area contributed by atoms with Crippen molar-refractivity contribution < 1.29 is 9.59 Å². The van der Waals surface area contributed by atoms with Crippen molar-refractivity contribution in [3.05, 3.63) is 10.6 Å². The van der Waals surface area contributed by atoms with Gasteiger partial charge in [0.2, 0.25) is 0 Å². The Hall–Kier alpha value is -1.43. The molecular weight excluding hydrogens is 262 g/mol. The number of rotatable bonds is 2. The maximum Gasteiger partial charge on any atom is 0.323 e. The number of urea groups is 1. The van der Waals surface area contributed by atoms with Gasteiger partial charge < -0.3 is 5.32 Å². The van der Waals surface area contributed by atoms with Crippen molar-refractivity contribution >= 4 is 28.3 Å². The van der Waals surface area contributed by atoms with Gasteiger partial charge in [-0.1, -0.05) is 25.2 Å². The summed E-state index contributed by atoms with van der Waals surface area (Å²) < 4.78 is 0. The smallest absolute Gasteiger partial charge is 0.323 e. The molecule has 0 radical (unpaired) electrons. The molecule has 5 nitrogen and oxygen atoms in total. The van der Waals surface area contributed by atoms with Gasteiger partial charge in [0.1, 0.15) is 0 Å². The van der Waals surface area contributed by atoms with E-state index in [0.29, 0.717) is 18.1 Å².